The van der Waals surface area contributed by atoms with Crippen molar-refractivity contribution in [2.75, 3.05) is 5.32 Å². The molecule has 0 spiro atoms. The van der Waals surface area contributed by atoms with Crippen LogP contribution in [0.25, 0.3) is 10.9 Å². The second-order valence-electron chi connectivity index (χ2n) is 4.65. The standard InChI is InChI=1S/C17H16N2/c1-13-12-17(18-14-8-4-2-3-5-9-14)19-16-11-7-6-10-15(13)16/h2-4,6-12H,5H2,1H3,(H,18,19). The fourth-order valence-corrected chi connectivity index (χ4v) is 2.23. The topological polar surface area (TPSA) is 24.9 Å². The van der Waals surface area contributed by atoms with Crippen LogP contribution in [0.2, 0.25) is 0 Å². The minimum absolute atomic E-state index is 0.897. The van der Waals surface area contributed by atoms with Crippen LogP contribution in [0.1, 0.15) is 12.0 Å². The Hall–Kier alpha value is -2.35. The van der Waals surface area contributed by atoms with Crippen LogP contribution in [-0.2, 0) is 0 Å². The van der Waals surface area contributed by atoms with Gasteiger partial charge in [0, 0.05) is 11.1 Å². The van der Waals surface area contributed by atoms with Gasteiger partial charge in [-0.3, -0.25) is 0 Å². The van der Waals surface area contributed by atoms with E-state index < -0.39 is 0 Å². The first-order valence-electron chi connectivity index (χ1n) is 6.50. The highest BCUT2D eigenvalue weighted by Gasteiger charge is 2.03. The van der Waals surface area contributed by atoms with E-state index in [-0.39, 0.29) is 0 Å². The summed E-state index contributed by atoms with van der Waals surface area (Å²) in [4.78, 5) is 4.65. The molecule has 1 aromatic carbocycles. The molecule has 0 atom stereocenters. The van der Waals surface area contributed by atoms with Crippen LogP contribution in [0.15, 0.2) is 66.4 Å². The fourth-order valence-electron chi connectivity index (χ4n) is 2.23. The number of fused-ring (bicyclic) bond motifs is 1. The van der Waals surface area contributed by atoms with E-state index in [0.717, 1.165) is 23.5 Å². The molecule has 0 saturated heterocycles. The molecule has 0 unspecified atom stereocenters. The third kappa shape index (κ3) is 2.58. The smallest absolute Gasteiger partial charge is 0.131 e. The van der Waals surface area contributed by atoms with Gasteiger partial charge < -0.3 is 5.32 Å². The average Bonchev–Trinajstić information content (AvgIpc) is 2.67. The number of anilines is 1. The van der Waals surface area contributed by atoms with Crippen LogP contribution in [0, 0.1) is 6.92 Å². The molecule has 1 aliphatic carbocycles. The summed E-state index contributed by atoms with van der Waals surface area (Å²) >= 11 is 0. The van der Waals surface area contributed by atoms with Crippen LogP contribution in [-0.4, -0.2) is 4.98 Å². The fraction of sp³-hybridized carbons (Fsp3) is 0.118. The third-order valence-electron chi connectivity index (χ3n) is 3.19. The Kier molecular flexibility index (Phi) is 3.15. The lowest BCUT2D eigenvalue weighted by atomic mass is 10.1. The van der Waals surface area contributed by atoms with Crippen LogP contribution < -0.4 is 5.32 Å². The number of para-hydroxylation sites is 1. The largest absolute Gasteiger partial charge is 0.340 e. The summed E-state index contributed by atoms with van der Waals surface area (Å²) in [5, 5.41) is 4.59. The van der Waals surface area contributed by atoms with Gasteiger partial charge in [-0.2, -0.15) is 0 Å². The van der Waals surface area contributed by atoms with Crippen molar-refractivity contribution >= 4 is 16.7 Å². The second-order valence-corrected chi connectivity index (χ2v) is 4.65. The quantitative estimate of drug-likeness (QED) is 0.854. The minimum atomic E-state index is 0.897. The number of benzene rings is 1. The molecule has 1 heterocycles. The van der Waals surface area contributed by atoms with E-state index in [9.17, 15) is 0 Å². The number of aromatic nitrogens is 1. The van der Waals surface area contributed by atoms with Gasteiger partial charge in [0.2, 0.25) is 0 Å². The number of rotatable bonds is 2. The van der Waals surface area contributed by atoms with Crippen molar-refractivity contribution in [2.45, 2.75) is 13.3 Å². The minimum Gasteiger partial charge on any atom is -0.340 e. The van der Waals surface area contributed by atoms with Crippen molar-refractivity contribution in [3.63, 3.8) is 0 Å². The van der Waals surface area contributed by atoms with E-state index >= 15 is 0 Å². The van der Waals surface area contributed by atoms with Crippen molar-refractivity contribution in [1.29, 1.82) is 0 Å². The zero-order chi connectivity index (χ0) is 13.1. The Bertz CT molecular complexity index is 693. The summed E-state index contributed by atoms with van der Waals surface area (Å²) < 4.78 is 0. The highest BCUT2D eigenvalue weighted by atomic mass is 15.0. The van der Waals surface area contributed by atoms with Gasteiger partial charge in [0.15, 0.2) is 0 Å². The van der Waals surface area contributed by atoms with E-state index in [1.165, 1.54) is 10.9 Å². The predicted octanol–water partition coefficient (Wildman–Crippen LogP) is 4.36. The van der Waals surface area contributed by atoms with E-state index in [0.29, 0.717) is 0 Å². The maximum Gasteiger partial charge on any atom is 0.131 e. The van der Waals surface area contributed by atoms with Crippen molar-refractivity contribution in [1.82, 2.24) is 4.98 Å². The zero-order valence-electron chi connectivity index (χ0n) is 10.9. The third-order valence-corrected chi connectivity index (χ3v) is 3.19. The molecule has 0 radical (unpaired) electrons. The first-order chi connectivity index (χ1) is 9.33. The Morgan fingerprint density at radius 3 is 3.00 bits per heavy atom. The number of hydrogen-bond acceptors (Lipinski definition) is 2. The van der Waals surface area contributed by atoms with Gasteiger partial charge in [-0.05, 0) is 37.1 Å². The van der Waals surface area contributed by atoms with Crippen LogP contribution in [0.5, 0.6) is 0 Å². The molecule has 3 rings (SSSR count). The summed E-state index contributed by atoms with van der Waals surface area (Å²) in [6.07, 6.45) is 11.4. The monoisotopic (exact) mass is 248 g/mol. The van der Waals surface area contributed by atoms with E-state index in [1.807, 2.05) is 24.3 Å². The van der Waals surface area contributed by atoms with Crippen LogP contribution >= 0.6 is 0 Å². The van der Waals surface area contributed by atoms with Gasteiger partial charge in [-0.15, -0.1) is 0 Å². The molecule has 2 nitrogen and oxygen atoms in total. The molecule has 19 heavy (non-hydrogen) atoms. The van der Waals surface area contributed by atoms with E-state index in [2.05, 4.69) is 53.7 Å². The van der Waals surface area contributed by atoms with Gasteiger partial charge in [0.05, 0.1) is 5.52 Å². The van der Waals surface area contributed by atoms with E-state index in [1.54, 1.807) is 0 Å². The maximum atomic E-state index is 4.65. The second kappa shape index (κ2) is 5.11. The molecule has 0 aliphatic heterocycles. The number of nitrogens with zero attached hydrogens (tertiary/aromatic N) is 1. The highest BCUT2D eigenvalue weighted by Crippen LogP contribution is 2.21. The summed E-state index contributed by atoms with van der Waals surface area (Å²) in [7, 11) is 0. The van der Waals surface area contributed by atoms with Crippen molar-refractivity contribution in [2.24, 2.45) is 0 Å². The highest BCUT2D eigenvalue weighted by molar-refractivity contribution is 5.83. The molecule has 2 heteroatoms. The number of hydrogen-bond donors (Lipinski definition) is 1. The van der Waals surface area contributed by atoms with Crippen LogP contribution in [0.3, 0.4) is 0 Å². The molecule has 0 fully saturated rings. The lowest BCUT2D eigenvalue weighted by Crippen LogP contribution is -2.00. The van der Waals surface area contributed by atoms with Gasteiger partial charge in [0.1, 0.15) is 5.82 Å². The summed E-state index contributed by atoms with van der Waals surface area (Å²) in [6.45, 7) is 2.12. The molecule has 1 N–H and O–H groups in total. The number of aryl methyl sites for hydroxylation is 1. The maximum absolute atomic E-state index is 4.65. The molecule has 94 valence electrons. The first-order valence-corrected chi connectivity index (χ1v) is 6.50. The number of allylic oxidation sites excluding steroid dienone is 5. The van der Waals surface area contributed by atoms with Gasteiger partial charge in [-0.1, -0.05) is 42.5 Å². The van der Waals surface area contributed by atoms with Crippen molar-refractivity contribution in [3.8, 4) is 0 Å². The Morgan fingerprint density at radius 1 is 1.16 bits per heavy atom. The summed E-state index contributed by atoms with van der Waals surface area (Å²) in [5.74, 6) is 0.897. The average molecular weight is 248 g/mol. The molecule has 0 saturated carbocycles. The molecule has 2 aromatic rings. The Labute approximate surface area is 113 Å². The van der Waals surface area contributed by atoms with Crippen molar-refractivity contribution < 1.29 is 0 Å². The first kappa shape index (κ1) is 11.7. The lowest BCUT2D eigenvalue weighted by molar-refractivity contribution is 1.29. The molecular formula is C17H16N2. The van der Waals surface area contributed by atoms with E-state index in [4.69, 9.17) is 0 Å². The molecule has 1 aromatic heterocycles. The SMILES string of the molecule is Cc1cc(NC2=CCC=CC=C2)nc2ccccc12. The van der Waals surface area contributed by atoms with Gasteiger partial charge in [-0.25, -0.2) is 4.98 Å². The van der Waals surface area contributed by atoms with Gasteiger partial charge in [0.25, 0.3) is 0 Å². The number of nitrogens with one attached hydrogen (secondary N) is 1. The Balaban J connectivity index is 1.95. The zero-order valence-corrected chi connectivity index (χ0v) is 10.9. The Morgan fingerprint density at radius 2 is 2.05 bits per heavy atom. The predicted molar refractivity (Wildman–Crippen MR) is 81.1 cm³/mol. The summed E-state index contributed by atoms with van der Waals surface area (Å²) in [6, 6.07) is 10.3. The molecule has 0 amide bonds. The van der Waals surface area contributed by atoms with Crippen molar-refractivity contribution in [3.05, 3.63) is 72.0 Å². The normalized spacial score (nSPS) is 14.3. The summed E-state index contributed by atoms with van der Waals surface area (Å²) in [5.41, 5.74) is 3.36. The molecule has 1 aliphatic rings. The van der Waals surface area contributed by atoms with Crippen LogP contribution in [0.4, 0.5) is 5.82 Å². The molecule has 0 bridgehead atoms. The molecular weight excluding hydrogens is 232 g/mol. The lowest BCUT2D eigenvalue weighted by Gasteiger charge is -2.09. The van der Waals surface area contributed by atoms with Gasteiger partial charge >= 0.3 is 0 Å². The number of pyridine rings is 1.